The van der Waals surface area contributed by atoms with Gasteiger partial charge in [-0.05, 0) is 61.7 Å². The molecule has 0 saturated heterocycles. The predicted molar refractivity (Wildman–Crippen MR) is 91.8 cm³/mol. The summed E-state index contributed by atoms with van der Waals surface area (Å²) in [5.41, 5.74) is 4.01. The van der Waals surface area contributed by atoms with Crippen LogP contribution in [-0.4, -0.2) is 11.5 Å². The van der Waals surface area contributed by atoms with Gasteiger partial charge in [-0.2, -0.15) is 0 Å². The van der Waals surface area contributed by atoms with Gasteiger partial charge in [0.05, 0.1) is 16.3 Å². The number of rotatable bonds is 5. The summed E-state index contributed by atoms with van der Waals surface area (Å²) in [6.45, 7) is 3.29. The summed E-state index contributed by atoms with van der Waals surface area (Å²) in [6, 6.07) is 4.77. The van der Waals surface area contributed by atoms with Crippen molar-refractivity contribution in [1.82, 2.24) is 10.3 Å². The van der Waals surface area contributed by atoms with E-state index in [-0.39, 0.29) is 0 Å². The third-order valence-electron chi connectivity index (χ3n) is 4.20. The van der Waals surface area contributed by atoms with Crippen LogP contribution in [0.1, 0.15) is 57.1 Å². The molecule has 0 amide bonds. The molecule has 3 heteroatoms. The van der Waals surface area contributed by atoms with Gasteiger partial charge in [0, 0.05) is 6.20 Å². The lowest BCUT2D eigenvalue weighted by Crippen LogP contribution is -2.24. The van der Waals surface area contributed by atoms with E-state index < -0.39 is 0 Å². The zero-order chi connectivity index (χ0) is 14.5. The Bertz CT molecular complexity index is 614. The molecule has 1 N–H and O–H groups in total. The van der Waals surface area contributed by atoms with Crippen molar-refractivity contribution in [3.63, 3.8) is 0 Å². The quantitative estimate of drug-likeness (QED) is 0.765. The SMILES string of the molecule is CCCNC(C1=CCCCCC1)c1cnc2ccsc2c1. The van der Waals surface area contributed by atoms with Gasteiger partial charge < -0.3 is 5.32 Å². The summed E-state index contributed by atoms with van der Waals surface area (Å²) >= 11 is 1.78. The molecule has 1 aliphatic carbocycles. The number of hydrogen-bond acceptors (Lipinski definition) is 3. The molecule has 3 rings (SSSR count). The first kappa shape index (κ1) is 14.7. The molecule has 21 heavy (non-hydrogen) atoms. The Hall–Kier alpha value is -1.19. The van der Waals surface area contributed by atoms with E-state index in [1.165, 1.54) is 48.8 Å². The lowest BCUT2D eigenvalue weighted by molar-refractivity contribution is 0.566. The molecule has 2 aromatic heterocycles. The lowest BCUT2D eigenvalue weighted by Gasteiger charge is -2.22. The van der Waals surface area contributed by atoms with E-state index in [4.69, 9.17) is 0 Å². The van der Waals surface area contributed by atoms with Crippen molar-refractivity contribution in [2.24, 2.45) is 0 Å². The number of nitrogens with one attached hydrogen (secondary N) is 1. The maximum atomic E-state index is 4.63. The molecule has 2 nitrogen and oxygen atoms in total. The molecule has 112 valence electrons. The van der Waals surface area contributed by atoms with Crippen LogP contribution in [0.15, 0.2) is 35.4 Å². The Morgan fingerprint density at radius 2 is 2.29 bits per heavy atom. The zero-order valence-corrected chi connectivity index (χ0v) is 13.6. The van der Waals surface area contributed by atoms with E-state index in [9.17, 15) is 0 Å². The molecule has 0 saturated carbocycles. The Labute approximate surface area is 131 Å². The molecule has 0 aliphatic heterocycles. The third-order valence-corrected chi connectivity index (χ3v) is 5.06. The van der Waals surface area contributed by atoms with Crippen LogP contribution in [0.4, 0.5) is 0 Å². The van der Waals surface area contributed by atoms with Crippen LogP contribution in [0.5, 0.6) is 0 Å². The van der Waals surface area contributed by atoms with Crippen LogP contribution >= 0.6 is 11.3 Å². The van der Waals surface area contributed by atoms with E-state index in [0.717, 1.165) is 12.1 Å². The highest BCUT2D eigenvalue weighted by Gasteiger charge is 2.18. The Morgan fingerprint density at radius 1 is 1.33 bits per heavy atom. The average molecular weight is 300 g/mol. The Kier molecular flexibility index (Phi) is 5.04. The molecule has 0 spiro atoms. The molecule has 0 fully saturated rings. The Morgan fingerprint density at radius 3 is 3.19 bits per heavy atom. The molecular formula is C18H24N2S. The third kappa shape index (κ3) is 3.53. The average Bonchev–Trinajstić information content (AvgIpc) is 2.81. The molecule has 0 aromatic carbocycles. The molecule has 0 bridgehead atoms. The predicted octanol–water partition coefficient (Wildman–Crippen LogP) is 5.23. The number of allylic oxidation sites excluding steroid dienone is 1. The number of pyridine rings is 1. The fraction of sp³-hybridized carbons (Fsp3) is 0.500. The second-order valence-corrected chi connectivity index (χ2v) is 6.79. The van der Waals surface area contributed by atoms with E-state index >= 15 is 0 Å². The van der Waals surface area contributed by atoms with Gasteiger partial charge in [0.25, 0.3) is 0 Å². The number of fused-ring (bicyclic) bond motifs is 1. The molecular weight excluding hydrogens is 276 g/mol. The maximum Gasteiger partial charge on any atom is 0.0809 e. The number of hydrogen-bond donors (Lipinski definition) is 1. The molecule has 2 aromatic rings. The van der Waals surface area contributed by atoms with Gasteiger partial charge in [-0.15, -0.1) is 11.3 Å². The van der Waals surface area contributed by atoms with Crippen LogP contribution in [0.25, 0.3) is 10.2 Å². The maximum absolute atomic E-state index is 4.63. The Balaban J connectivity index is 1.91. The van der Waals surface area contributed by atoms with Crippen molar-refractivity contribution >= 4 is 21.6 Å². The first-order chi connectivity index (χ1) is 10.4. The first-order valence-electron chi connectivity index (χ1n) is 8.14. The van der Waals surface area contributed by atoms with Gasteiger partial charge >= 0.3 is 0 Å². The highest BCUT2D eigenvalue weighted by molar-refractivity contribution is 7.17. The monoisotopic (exact) mass is 300 g/mol. The summed E-state index contributed by atoms with van der Waals surface area (Å²) in [5, 5.41) is 5.86. The van der Waals surface area contributed by atoms with Crippen molar-refractivity contribution < 1.29 is 0 Å². The summed E-state index contributed by atoms with van der Waals surface area (Å²) < 4.78 is 1.30. The van der Waals surface area contributed by atoms with Crippen LogP contribution in [0.2, 0.25) is 0 Å². The number of aromatic nitrogens is 1. The van der Waals surface area contributed by atoms with E-state index in [1.807, 2.05) is 0 Å². The molecule has 1 atom stereocenters. The first-order valence-corrected chi connectivity index (χ1v) is 9.02. The minimum absolute atomic E-state index is 0.349. The largest absolute Gasteiger partial charge is 0.306 e. The van der Waals surface area contributed by atoms with Gasteiger partial charge in [0.1, 0.15) is 0 Å². The topological polar surface area (TPSA) is 24.9 Å². The van der Waals surface area contributed by atoms with Gasteiger partial charge in [-0.1, -0.05) is 25.0 Å². The van der Waals surface area contributed by atoms with Crippen molar-refractivity contribution in [3.05, 3.63) is 40.9 Å². The fourth-order valence-corrected chi connectivity index (χ4v) is 3.86. The standard InChI is InChI=1S/C18H24N2S/c1-2-10-19-18(14-7-5-3-4-6-8-14)15-12-17-16(20-13-15)9-11-21-17/h7,9,11-13,18-19H,2-6,8,10H2,1H3. The number of thiophene rings is 1. The van der Waals surface area contributed by atoms with Crippen molar-refractivity contribution in [2.45, 2.75) is 51.5 Å². The highest BCUT2D eigenvalue weighted by Crippen LogP contribution is 2.31. The van der Waals surface area contributed by atoms with Crippen molar-refractivity contribution in [3.8, 4) is 0 Å². The second kappa shape index (κ2) is 7.19. The van der Waals surface area contributed by atoms with Gasteiger partial charge in [-0.25, -0.2) is 0 Å². The van der Waals surface area contributed by atoms with Crippen LogP contribution in [0.3, 0.4) is 0 Å². The molecule has 0 radical (unpaired) electrons. The molecule has 1 aliphatic rings. The molecule has 1 unspecified atom stereocenters. The number of nitrogens with zero attached hydrogens (tertiary/aromatic N) is 1. The smallest absolute Gasteiger partial charge is 0.0809 e. The van der Waals surface area contributed by atoms with E-state index in [0.29, 0.717) is 6.04 Å². The summed E-state index contributed by atoms with van der Waals surface area (Å²) in [4.78, 5) is 4.63. The van der Waals surface area contributed by atoms with E-state index in [1.54, 1.807) is 16.9 Å². The van der Waals surface area contributed by atoms with Crippen molar-refractivity contribution in [1.29, 1.82) is 0 Å². The van der Waals surface area contributed by atoms with Crippen LogP contribution in [0, 0.1) is 0 Å². The zero-order valence-electron chi connectivity index (χ0n) is 12.8. The fourth-order valence-electron chi connectivity index (χ4n) is 3.07. The summed E-state index contributed by atoms with van der Waals surface area (Å²) in [7, 11) is 0. The lowest BCUT2D eigenvalue weighted by atomic mass is 9.96. The normalized spacial score (nSPS) is 17.5. The van der Waals surface area contributed by atoms with Crippen molar-refractivity contribution in [2.75, 3.05) is 6.54 Å². The molecule has 2 heterocycles. The van der Waals surface area contributed by atoms with Crippen LogP contribution < -0.4 is 5.32 Å². The second-order valence-electron chi connectivity index (χ2n) is 5.84. The van der Waals surface area contributed by atoms with E-state index in [2.05, 4.69) is 47.0 Å². The van der Waals surface area contributed by atoms with Gasteiger partial charge in [0.2, 0.25) is 0 Å². The van der Waals surface area contributed by atoms with Gasteiger partial charge in [0.15, 0.2) is 0 Å². The summed E-state index contributed by atoms with van der Waals surface area (Å²) in [5.74, 6) is 0. The minimum Gasteiger partial charge on any atom is -0.306 e. The minimum atomic E-state index is 0.349. The highest BCUT2D eigenvalue weighted by atomic mass is 32.1. The van der Waals surface area contributed by atoms with Crippen LogP contribution in [-0.2, 0) is 0 Å². The van der Waals surface area contributed by atoms with Gasteiger partial charge in [-0.3, -0.25) is 4.98 Å². The summed E-state index contributed by atoms with van der Waals surface area (Å²) in [6.07, 6.45) is 12.2.